The molecule has 5 nitrogen and oxygen atoms in total. The average Bonchev–Trinajstić information content (AvgIpc) is 2.49. The third-order valence-electron chi connectivity index (χ3n) is 3.24. The Morgan fingerprint density at radius 1 is 1.35 bits per heavy atom. The van der Waals surface area contributed by atoms with Crippen molar-refractivity contribution in [2.45, 2.75) is 19.9 Å². The molecule has 1 aromatic rings. The van der Waals surface area contributed by atoms with Crippen molar-refractivity contribution in [3.05, 3.63) is 24.3 Å². The van der Waals surface area contributed by atoms with E-state index in [1.165, 1.54) is 0 Å². The van der Waals surface area contributed by atoms with Gasteiger partial charge in [0.25, 0.3) is 0 Å². The molecule has 1 atom stereocenters. The lowest BCUT2D eigenvalue weighted by Gasteiger charge is -2.29. The highest BCUT2D eigenvalue weighted by Gasteiger charge is 2.22. The van der Waals surface area contributed by atoms with Gasteiger partial charge in [0.15, 0.2) is 0 Å². The molecule has 1 aliphatic heterocycles. The number of benzene rings is 1. The summed E-state index contributed by atoms with van der Waals surface area (Å²) in [6.07, 6.45) is 0. The lowest BCUT2D eigenvalue weighted by Crippen LogP contribution is -2.46. The van der Waals surface area contributed by atoms with Gasteiger partial charge >= 0.3 is 0 Å². The number of nitrogens with one attached hydrogen (secondary N) is 1. The Morgan fingerprint density at radius 2 is 2.00 bits per heavy atom. The predicted octanol–water partition coefficient (Wildman–Crippen LogP) is 1.74. The first-order valence-electron chi connectivity index (χ1n) is 7.06. The molecule has 0 spiro atoms. The second-order valence-electron chi connectivity index (χ2n) is 4.76. The Balaban J connectivity index is 1.89. The minimum absolute atomic E-state index is 0.113. The number of nitrogens with zero attached hydrogens (tertiary/aromatic N) is 1. The monoisotopic (exact) mass is 278 g/mol. The largest absolute Gasteiger partial charge is 0.494 e. The highest BCUT2D eigenvalue weighted by molar-refractivity contribution is 5.84. The molecule has 1 fully saturated rings. The molecule has 0 aromatic heterocycles. The molecule has 1 N–H and O–H groups in total. The first-order valence-corrected chi connectivity index (χ1v) is 7.06. The van der Waals surface area contributed by atoms with E-state index in [9.17, 15) is 4.79 Å². The van der Waals surface area contributed by atoms with Gasteiger partial charge in [-0.3, -0.25) is 4.79 Å². The van der Waals surface area contributed by atoms with Crippen molar-refractivity contribution < 1.29 is 14.3 Å². The number of morpholine rings is 1. The second kappa shape index (κ2) is 7.14. The first-order chi connectivity index (χ1) is 9.70. The smallest absolute Gasteiger partial charge is 0.244 e. The molecule has 0 saturated carbocycles. The van der Waals surface area contributed by atoms with Gasteiger partial charge in [-0.05, 0) is 38.1 Å². The Bertz CT molecular complexity index is 427. The Hall–Kier alpha value is -1.75. The van der Waals surface area contributed by atoms with Crippen LogP contribution in [0.15, 0.2) is 24.3 Å². The first kappa shape index (κ1) is 14.7. The number of hydrogen-bond acceptors (Lipinski definition) is 4. The number of ether oxygens (including phenoxy) is 2. The molecule has 5 heteroatoms. The molecule has 1 saturated heterocycles. The molecular weight excluding hydrogens is 256 g/mol. The zero-order valence-corrected chi connectivity index (χ0v) is 12.1. The number of rotatable bonds is 5. The van der Waals surface area contributed by atoms with Crippen molar-refractivity contribution in [2.24, 2.45) is 0 Å². The normalized spacial score (nSPS) is 16.6. The zero-order valence-electron chi connectivity index (χ0n) is 12.1. The van der Waals surface area contributed by atoms with E-state index >= 15 is 0 Å². The summed E-state index contributed by atoms with van der Waals surface area (Å²) in [6.45, 7) is 7.09. The van der Waals surface area contributed by atoms with Gasteiger partial charge in [0.2, 0.25) is 5.91 Å². The molecule has 20 heavy (non-hydrogen) atoms. The summed E-state index contributed by atoms with van der Waals surface area (Å²) in [7, 11) is 0. The molecule has 110 valence electrons. The second-order valence-corrected chi connectivity index (χ2v) is 4.76. The molecule has 1 heterocycles. The van der Waals surface area contributed by atoms with E-state index < -0.39 is 0 Å². The van der Waals surface area contributed by atoms with Crippen LogP contribution in [0.5, 0.6) is 5.75 Å². The van der Waals surface area contributed by atoms with Gasteiger partial charge in [-0.15, -0.1) is 0 Å². The van der Waals surface area contributed by atoms with E-state index in [-0.39, 0.29) is 11.9 Å². The zero-order chi connectivity index (χ0) is 14.4. The van der Waals surface area contributed by atoms with E-state index in [0.717, 1.165) is 11.4 Å². The maximum Gasteiger partial charge on any atom is 0.244 e. The third kappa shape index (κ3) is 3.87. The summed E-state index contributed by atoms with van der Waals surface area (Å²) >= 11 is 0. The lowest BCUT2D eigenvalue weighted by molar-refractivity contribution is -0.135. The van der Waals surface area contributed by atoms with Crippen molar-refractivity contribution in [3.63, 3.8) is 0 Å². The number of anilines is 1. The summed E-state index contributed by atoms with van der Waals surface area (Å²) in [6, 6.07) is 7.41. The van der Waals surface area contributed by atoms with Crippen LogP contribution >= 0.6 is 0 Å². The number of carbonyl (C=O) groups excluding carboxylic acids is 1. The van der Waals surface area contributed by atoms with E-state index in [2.05, 4.69) is 5.32 Å². The maximum atomic E-state index is 12.3. The van der Waals surface area contributed by atoms with Crippen molar-refractivity contribution in [1.82, 2.24) is 4.90 Å². The van der Waals surface area contributed by atoms with Crippen LogP contribution in [0.2, 0.25) is 0 Å². The highest BCUT2D eigenvalue weighted by Crippen LogP contribution is 2.16. The molecule has 1 aromatic carbocycles. The molecular formula is C15H22N2O3. The SMILES string of the molecule is CCOc1ccc(NC(C)C(=O)N2CCOCC2)cc1. The van der Waals surface area contributed by atoms with Gasteiger partial charge < -0.3 is 19.7 Å². The van der Waals surface area contributed by atoms with Gasteiger partial charge in [0.05, 0.1) is 19.8 Å². The van der Waals surface area contributed by atoms with Crippen LogP contribution in [-0.2, 0) is 9.53 Å². The lowest BCUT2D eigenvalue weighted by atomic mass is 10.2. The standard InChI is InChI=1S/C15H22N2O3/c1-3-20-14-6-4-13(5-7-14)16-12(2)15(18)17-8-10-19-11-9-17/h4-7,12,16H,3,8-11H2,1-2H3. The van der Waals surface area contributed by atoms with Crippen molar-refractivity contribution >= 4 is 11.6 Å². The Kier molecular flexibility index (Phi) is 5.24. The molecule has 1 aliphatic rings. The minimum Gasteiger partial charge on any atom is -0.494 e. The maximum absolute atomic E-state index is 12.3. The summed E-state index contributed by atoms with van der Waals surface area (Å²) in [4.78, 5) is 14.1. The van der Waals surface area contributed by atoms with E-state index in [1.54, 1.807) is 0 Å². The fourth-order valence-corrected chi connectivity index (χ4v) is 2.18. The summed E-state index contributed by atoms with van der Waals surface area (Å²) in [5.74, 6) is 0.951. The Morgan fingerprint density at radius 3 is 2.60 bits per heavy atom. The van der Waals surface area contributed by atoms with Gasteiger partial charge in [0.1, 0.15) is 11.8 Å². The minimum atomic E-state index is -0.244. The topological polar surface area (TPSA) is 50.8 Å². The quantitative estimate of drug-likeness (QED) is 0.891. The van der Waals surface area contributed by atoms with E-state index in [4.69, 9.17) is 9.47 Å². The van der Waals surface area contributed by atoms with Crippen LogP contribution in [0.3, 0.4) is 0 Å². The highest BCUT2D eigenvalue weighted by atomic mass is 16.5. The van der Waals surface area contributed by atoms with Crippen LogP contribution in [0.25, 0.3) is 0 Å². The molecule has 2 rings (SSSR count). The van der Waals surface area contributed by atoms with Crippen LogP contribution in [0.4, 0.5) is 5.69 Å². The molecule has 1 unspecified atom stereocenters. The predicted molar refractivity (Wildman–Crippen MR) is 78.1 cm³/mol. The number of hydrogen-bond donors (Lipinski definition) is 1. The molecule has 0 radical (unpaired) electrons. The fraction of sp³-hybridized carbons (Fsp3) is 0.533. The van der Waals surface area contributed by atoms with E-state index in [1.807, 2.05) is 43.0 Å². The Labute approximate surface area is 119 Å². The van der Waals surface area contributed by atoms with Crippen molar-refractivity contribution in [1.29, 1.82) is 0 Å². The van der Waals surface area contributed by atoms with Crippen molar-refractivity contribution in [2.75, 3.05) is 38.2 Å². The van der Waals surface area contributed by atoms with Crippen LogP contribution in [0.1, 0.15) is 13.8 Å². The van der Waals surface area contributed by atoms with Crippen LogP contribution in [-0.4, -0.2) is 49.8 Å². The van der Waals surface area contributed by atoms with Crippen LogP contribution in [0, 0.1) is 0 Å². The third-order valence-corrected chi connectivity index (χ3v) is 3.24. The molecule has 1 amide bonds. The summed E-state index contributed by atoms with van der Waals surface area (Å²) in [5.41, 5.74) is 0.919. The number of carbonyl (C=O) groups is 1. The average molecular weight is 278 g/mol. The van der Waals surface area contributed by atoms with Gasteiger partial charge in [-0.2, -0.15) is 0 Å². The van der Waals surface area contributed by atoms with Gasteiger partial charge in [-0.1, -0.05) is 0 Å². The fourth-order valence-electron chi connectivity index (χ4n) is 2.18. The van der Waals surface area contributed by atoms with Crippen LogP contribution < -0.4 is 10.1 Å². The number of amides is 1. The molecule has 0 bridgehead atoms. The van der Waals surface area contributed by atoms with Crippen molar-refractivity contribution in [3.8, 4) is 5.75 Å². The van der Waals surface area contributed by atoms with Gasteiger partial charge in [-0.25, -0.2) is 0 Å². The summed E-state index contributed by atoms with van der Waals surface area (Å²) < 4.78 is 10.6. The summed E-state index contributed by atoms with van der Waals surface area (Å²) in [5, 5.41) is 3.22. The molecule has 0 aliphatic carbocycles. The van der Waals surface area contributed by atoms with Gasteiger partial charge in [0, 0.05) is 18.8 Å². The van der Waals surface area contributed by atoms with E-state index in [0.29, 0.717) is 32.9 Å².